The van der Waals surface area contributed by atoms with Crippen LogP contribution in [-0.2, 0) is 0 Å². The zero-order valence-electron chi connectivity index (χ0n) is 12.4. The average molecular weight is 337 g/mol. The third-order valence-electron chi connectivity index (χ3n) is 3.65. The molecule has 2 heterocycles. The predicted molar refractivity (Wildman–Crippen MR) is 92.9 cm³/mol. The minimum absolute atomic E-state index is 0.305. The highest BCUT2D eigenvalue weighted by atomic mass is 32.1. The minimum atomic E-state index is -0.374. The normalized spacial score (nSPS) is 10.9. The fraction of sp³-hybridized carbons (Fsp3) is 0. The third-order valence-corrected chi connectivity index (χ3v) is 4.40. The van der Waals surface area contributed by atoms with Crippen molar-refractivity contribution in [3.05, 3.63) is 77.6 Å². The maximum atomic E-state index is 13.0. The molecule has 0 radical (unpaired) electrons. The van der Waals surface area contributed by atoms with Crippen LogP contribution in [0.25, 0.3) is 16.2 Å². The molecular weight excluding hydrogens is 325 g/mol. The molecule has 0 bridgehead atoms. The van der Waals surface area contributed by atoms with Gasteiger partial charge in [0.05, 0.1) is 0 Å². The van der Waals surface area contributed by atoms with Crippen LogP contribution in [0.15, 0.2) is 66.2 Å². The number of fused-ring (bicyclic) bond motifs is 1. The van der Waals surface area contributed by atoms with Crippen LogP contribution in [0.3, 0.4) is 0 Å². The first-order valence-electron chi connectivity index (χ1n) is 7.30. The summed E-state index contributed by atoms with van der Waals surface area (Å²) in [4.78, 5) is 17.9. The number of carbonyl (C=O) groups excluding carboxylic acids is 1. The highest BCUT2D eigenvalue weighted by molar-refractivity contribution is 7.15. The van der Waals surface area contributed by atoms with Crippen molar-refractivity contribution in [2.75, 3.05) is 5.32 Å². The summed E-state index contributed by atoms with van der Waals surface area (Å²) in [6.07, 6.45) is 1.86. The van der Waals surface area contributed by atoms with Crippen LogP contribution in [0.5, 0.6) is 0 Å². The van der Waals surface area contributed by atoms with Gasteiger partial charge in [-0.25, -0.2) is 9.37 Å². The number of amides is 1. The summed E-state index contributed by atoms with van der Waals surface area (Å²) in [5.41, 5.74) is 2.02. The molecule has 1 amide bonds. The average Bonchev–Trinajstić information content (AvgIpc) is 3.19. The molecule has 118 valence electrons. The van der Waals surface area contributed by atoms with Crippen LogP contribution >= 0.6 is 11.3 Å². The molecule has 6 heteroatoms. The lowest BCUT2D eigenvalue weighted by Crippen LogP contribution is -2.13. The van der Waals surface area contributed by atoms with Crippen molar-refractivity contribution < 1.29 is 9.18 Å². The number of hydrogen-bond donors (Lipinski definition) is 1. The van der Waals surface area contributed by atoms with Crippen molar-refractivity contribution in [1.82, 2.24) is 9.38 Å². The zero-order valence-corrected chi connectivity index (χ0v) is 13.3. The van der Waals surface area contributed by atoms with E-state index in [4.69, 9.17) is 0 Å². The van der Waals surface area contributed by atoms with E-state index in [2.05, 4.69) is 10.3 Å². The summed E-state index contributed by atoms with van der Waals surface area (Å²) >= 11 is 1.49. The highest BCUT2D eigenvalue weighted by Crippen LogP contribution is 2.30. The maximum Gasteiger partial charge on any atom is 0.256 e. The number of imidazole rings is 1. The van der Waals surface area contributed by atoms with Gasteiger partial charge in [0.2, 0.25) is 0 Å². The molecule has 1 N–H and O–H groups in total. The lowest BCUT2D eigenvalue weighted by atomic mass is 10.1. The number of aromatic nitrogens is 2. The van der Waals surface area contributed by atoms with Gasteiger partial charge in [-0.15, -0.1) is 11.3 Å². The van der Waals surface area contributed by atoms with Crippen molar-refractivity contribution >= 4 is 28.0 Å². The lowest BCUT2D eigenvalue weighted by Gasteiger charge is -2.07. The van der Waals surface area contributed by atoms with Gasteiger partial charge in [0.25, 0.3) is 5.91 Å². The number of nitrogens with zero attached hydrogens (tertiary/aromatic N) is 2. The van der Waals surface area contributed by atoms with Crippen molar-refractivity contribution in [3.8, 4) is 11.3 Å². The lowest BCUT2D eigenvalue weighted by molar-refractivity contribution is 0.102. The van der Waals surface area contributed by atoms with Gasteiger partial charge in [-0.1, -0.05) is 30.3 Å². The molecule has 0 atom stereocenters. The quantitative estimate of drug-likeness (QED) is 0.600. The molecule has 0 aliphatic rings. The van der Waals surface area contributed by atoms with Gasteiger partial charge in [-0.05, 0) is 24.3 Å². The molecule has 4 aromatic rings. The highest BCUT2D eigenvalue weighted by Gasteiger charge is 2.17. The monoisotopic (exact) mass is 337 g/mol. The first-order valence-corrected chi connectivity index (χ1v) is 8.18. The Morgan fingerprint density at radius 2 is 1.83 bits per heavy atom. The van der Waals surface area contributed by atoms with Crippen molar-refractivity contribution in [1.29, 1.82) is 0 Å². The second-order valence-corrected chi connectivity index (χ2v) is 6.06. The van der Waals surface area contributed by atoms with E-state index >= 15 is 0 Å². The van der Waals surface area contributed by atoms with Crippen molar-refractivity contribution in [3.63, 3.8) is 0 Å². The number of halogens is 1. The zero-order chi connectivity index (χ0) is 16.5. The smallest absolute Gasteiger partial charge is 0.256 e. The molecule has 24 heavy (non-hydrogen) atoms. The number of nitrogens with one attached hydrogen (secondary N) is 1. The van der Waals surface area contributed by atoms with Gasteiger partial charge in [0, 0.05) is 22.7 Å². The fourth-order valence-electron chi connectivity index (χ4n) is 2.48. The van der Waals surface area contributed by atoms with Gasteiger partial charge in [-0.3, -0.25) is 9.20 Å². The summed E-state index contributed by atoms with van der Waals surface area (Å²) in [6, 6.07) is 15.1. The molecular formula is C18H12FN3OS. The van der Waals surface area contributed by atoms with Crippen LogP contribution in [0.2, 0.25) is 0 Å². The Labute approximate surface area is 141 Å². The number of carbonyl (C=O) groups is 1. The number of anilines is 1. The molecule has 0 aliphatic heterocycles. The summed E-state index contributed by atoms with van der Waals surface area (Å²) in [6.45, 7) is 0. The van der Waals surface area contributed by atoms with E-state index in [0.717, 1.165) is 10.5 Å². The van der Waals surface area contributed by atoms with Crippen LogP contribution in [0.4, 0.5) is 10.2 Å². The molecule has 0 saturated carbocycles. The van der Waals surface area contributed by atoms with Gasteiger partial charge >= 0.3 is 0 Å². The summed E-state index contributed by atoms with van der Waals surface area (Å²) < 4.78 is 14.9. The molecule has 0 fully saturated rings. The second-order valence-electron chi connectivity index (χ2n) is 5.19. The number of benzene rings is 2. The van der Waals surface area contributed by atoms with Crippen molar-refractivity contribution in [2.45, 2.75) is 0 Å². The first-order chi connectivity index (χ1) is 11.7. The Hall–Kier alpha value is -2.99. The van der Waals surface area contributed by atoms with E-state index in [1.165, 1.54) is 35.6 Å². The summed E-state index contributed by atoms with van der Waals surface area (Å²) in [5.74, 6) is -0.0759. The van der Waals surface area contributed by atoms with Crippen molar-refractivity contribution in [2.24, 2.45) is 0 Å². The molecule has 0 saturated heterocycles. The molecule has 0 unspecified atom stereocenters. The van der Waals surface area contributed by atoms with Crippen LogP contribution in [0.1, 0.15) is 10.4 Å². The van der Waals surface area contributed by atoms with E-state index < -0.39 is 0 Å². The first kappa shape index (κ1) is 14.6. The number of hydrogen-bond acceptors (Lipinski definition) is 3. The number of thiazole rings is 1. The predicted octanol–water partition coefficient (Wildman–Crippen LogP) is 4.45. The topological polar surface area (TPSA) is 46.4 Å². The number of rotatable bonds is 3. The minimum Gasteiger partial charge on any atom is -0.306 e. The Balaban J connectivity index is 1.76. The maximum absolute atomic E-state index is 13.0. The van der Waals surface area contributed by atoms with Gasteiger partial charge in [0.1, 0.15) is 17.3 Å². The Morgan fingerprint density at radius 3 is 2.58 bits per heavy atom. The summed E-state index contributed by atoms with van der Waals surface area (Å²) in [5, 5.41) is 4.81. The standard InChI is InChI=1S/C18H12FN3OS/c19-14-8-6-13(7-9-14)17(23)21-16-15(12-4-2-1-3-5-12)20-18-22(16)10-11-24-18/h1-11H,(H,21,23). The largest absolute Gasteiger partial charge is 0.306 e. The molecule has 0 aliphatic carbocycles. The SMILES string of the molecule is O=C(Nc1c(-c2ccccc2)nc2sccn12)c1ccc(F)cc1. The molecule has 4 rings (SSSR count). The van der Waals surface area contributed by atoms with Crippen LogP contribution in [-0.4, -0.2) is 15.3 Å². The Bertz CT molecular complexity index is 1010. The molecule has 2 aromatic heterocycles. The van der Waals surface area contributed by atoms with E-state index in [1.54, 1.807) is 0 Å². The Kier molecular flexibility index (Phi) is 3.59. The van der Waals surface area contributed by atoms with Gasteiger partial charge in [-0.2, -0.15) is 0 Å². The summed E-state index contributed by atoms with van der Waals surface area (Å²) in [7, 11) is 0. The van der Waals surface area contributed by atoms with E-state index in [1.807, 2.05) is 46.3 Å². The van der Waals surface area contributed by atoms with E-state index in [-0.39, 0.29) is 11.7 Å². The Morgan fingerprint density at radius 1 is 1.08 bits per heavy atom. The van der Waals surface area contributed by atoms with Crippen LogP contribution < -0.4 is 5.32 Å². The van der Waals surface area contributed by atoms with Gasteiger partial charge in [0.15, 0.2) is 4.96 Å². The second kappa shape index (κ2) is 5.90. The molecule has 4 nitrogen and oxygen atoms in total. The third kappa shape index (κ3) is 2.57. The molecule has 0 spiro atoms. The van der Waals surface area contributed by atoms with E-state index in [9.17, 15) is 9.18 Å². The van der Waals surface area contributed by atoms with E-state index in [0.29, 0.717) is 17.1 Å². The van der Waals surface area contributed by atoms with Gasteiger partial charge < -0.3 is 5.32 Å². The fourth-order valence-corrected chi connectivity index (χ4v) is 3.20. The van der Waals surface area contributed by atoms with Crippen LogP contribution in [0, 0.1) is 5.82 Å². The molecule has 2 aromatic carbocycles.